The summed E-state index contributed by atoms with van der Waals surface area (Å²) in [4.78, 5) is 13.7. The fourth-order valence-corrected chi connectivity index (χ4v) is 2.51. The van der Waals surface area contributed by atoms with E-state index in [1.165, 1.54) is 11.6 Å². The molecule has 0 saturated carbocycles. The van der Waals surface area contributed by atoms with Crippen molar-refractivity contribution in [3.8, 4) is 0 Å². The number of amides is 1. The standard InChI is InChI=1S/C21H23N3O2.ClH/c1-15-18(19-4-2-3-5-20(19)23-15)12-13-22-14-17-8-6-16(7-9-17)10-11-21(25)24-26;/h2-11,22-23,26H,12-14H2,1H3,(H,24,25);1H/b11-10+;/i1D3,2D,3D,4D,5D,14D;. The highest BCUT2D eigenvalue weighted by Gasteiger charge is 2.07. The van der Waals surface area contributed by atoms with E-state index in [9.17, 15) is 4.79 Å². The van der Waals surface area contributed by atoms with Crippen molar-refractivity contribution < 1.29 is 21.0 Å². The fraction of sp³-hybridized carbons (Fsp3) is 0.190. The first-order valence-corrected chi connectivity index (χ1v) is 7.94. The molecule has 0 bridgehead atoms. The molecule has 1 aromatic heterocycles. The molecule has 5 nitrogen and oxygen atoms in total. The van der Waals surface area contributed by atoms with Crippen molar-refractivity contribution in [1.82, 2.24) is 15.8 Å². The first-order valence-electron chi connectivity index (χ1n) is 12.0. The highest BCUT2D eigenvalue weighted by molar-refractivity contribution is 5.90. The zero-order valence-corrected chi connectivity index (χ0v) is 15.0. The number of aromatic nitrogens is 1. The molecule has 6 heteroatoms. The molecule has 3 rings (SSSR count). The molecular formula is C21H24ClN3O2. The first-order chi connectivity index (χ1) is 16.0. The van der Waals surface area contributed by atoms with Crippen LogP contribution >= 0.6 is 12.4 Å². The molecule has 4 N–H and O–H groups in total. The molecule has 1 unspecified atom stereocenters. The molecule has 3 aromatic rings. The molecule has 0 saturated heterocycles. The van der Waals surface area contributed by atoms with Crippen LogP contribution in [0.4, 0.5) is 0 Å². The van der Waals surface area contributed by atoms with Gasteiger partial charge in [-0.05, 0) is 48.6 Å². The van der Waals surface area contributed by atoms with E-state index in [1.807, 2.05) is 0 Å². The van der Waals surface area contributed by atoms with Crippen molar-refractivity contribution in [2.45, 2.75) is 19.8 Å². The van der Waals surface area contributed by atoms with Crippen LogP contribution in [-0.4, -0.2) is 22.6 Å². The van der Waals surface area contributed by atoms with Gasteiger partial charge in [0.1, 0.15) is 0 Å². The van der Waals surface area contributed by atoms with Gasteiger partial charge in [-0.25, -0.2) is 5.48 Å². The van der Waals surface area contributed by atoms with Crippen LogP contribution in [0.25, 0.3) is 17.0 Å². The number of hydroxylamine groups is 1. The lowest BCUT2D eigenvalue weighted by atomic mass is 10.1. The average molecular weight is 394 g/mol. The Hall–Kier alpha value is -2.60. The largest absolute Gasteiger partial charge is 0.358 e. The molecule has 0 spiro atoms. The van der Waals surface area contributed by atoms with Gasteiger partial charge in [0.2, 0.25) is 0 Å². The molecule has 27 heavy (non-hydrogen) atoms. The molecule has 0 fully saturated rings. The van der Waals surface area contributed by atoms with E-state index in [-0.39, 0.29) is 59.6 Å². The van der Waals surface area contributed by atoms with Gasteiger partial charge < -0.3 is 10.3 Å². The average Bonchev–Trinajstić information content (AvgIpc) is 3.20. The Bertz CT molecular complexity index is 1240. The summed E-state index contributed by atoms with van der Waals surface area (Å²) in [5.41, 5.74) is 2.99. The summed E-state index contributed by atoms with van der Waals surface area (Å²) in [7, 11) is 0. The maximum atomic E-state index is 11.1. The molecule has 0 aliphatic heterocycles. The van der Waals surface area contributed by atoms with Crippen LogP contribution in [0.5, 0.6) is 0 Å². The lowest BCUT2D eigenvalue weighted by Crippen LogP contribution is -2.16. The second-order valence-electron chi connectivity index (χ2n) is 5.55. The number of halogens is 1. The Morgan fingerprint density at radius 2 is 2.11 bits per heavy atom. The highest BCUT2D eigenvalue weighted by atomic mass is 35.5. The van der Waals surface area contributed by atoms with Crippen LogP contribution < -0.4 is 10.8 Å². The van der Waals surface area contributed by atoms with Crippen LogP contribution in [0.1, 0.15) is 33.4 Å². The van der Waals surface area contributed by atoms with E-state index >= 15 is 0 Å². The summed E-state index contributed by atoms with van der Waals surface area (Å²) in [6, 6.07) is 5.26. The van der Waals surface area contributed by atoms with E-state index in [2.05, 4.69) is 10.3 Å². The van der Waals surface area contributed by atoms with Crippen molar-refractivity contribution in [2.24, 2.45) is 0 Å². The minimum atomic E-state index is -2.55. The number of para-hydroxylation sites is 1. The molecule has 0 radical (unpaired) electrons. The first kappa shape index (κ1) is 12.0. The number of aryl methyl sites for hydroxylation is 1. The normalized spacial score (nSPS) is 16.8. The lowest BCUT2D eigenvalue weighted by molar-refractivity contribution is -0.124. The Balaban J connectivity index is 0.00000432. The quantitative estimate of drug-likeness (QED) is 0.280. The third kappa shape index (κ3) is 5.44. The topological polar surface area (TPSA) is 77.2 Å². The highest BCUT2D eigenvalue weighted by Crippen LogP contribution is 2.21. The van der Waals surface area contributed by atoms with Gasteiger partial charge in [-0.1, -0.05) is 42.4 Å². The smallest absolute Gasteiger partial charge is 0.267 e. The van der Waals surface area contributed by atoms with E-state index in [4.69, 9.17) is 16.2 Å². The summed E-state index contributed by atoms with van der Waals surface area (Å²) in [5, 5.41) is 11.6. The molecule has 142 valence electrons. The summed E-state index contributed by atoms with van der Waals surface area (Å²) in [6.45, 7) is -3.20. The van der Waals surface area contributed by atoms with Crippen molar-refractivity contribution in [1.29, 1.82) is 0 Å². The maximum absolute atomic E-state index is 11.1. The Kier molecular flexibility index (Phi) is 4.40. The van der Waals surface area contributed by atoms with Gasteiger partial charge in [-0.3, -0.25) is 10.0 Å². The van der Waals surface area contributed by atoms with Gasteiger partial charge in [-0.2, -0.15) is 0 Å². The second kappa shape index (κ2) is 9.92. The summed E-state index contributed by atoms with van der Waals surface area (Å²) >= 11 is 0. The Morgan fingerprint density at radius 1 is 1.33 bits per heavy atom. The minimum Gasteiger partial charge on any atom is -0.358 e. The number of benzene rings is 2. The van der Waals surface area contributed by atoms with E-state index < -0.39 is 31.4 Å². The molecule has 1 amide bonds. The number of hydrogen-bond donors (Lipinski definition) is 4. The maximum Gasteiger partial charge on any atom is 0.267 e. The SMILES string of the molecule is Cl.[2H]c1c([2H])c([2H])c2c(CCNC([2H])c3ccc(/C=C/C(=O)NO)cc3)c(C([2H])([2H])[2H])[nH]c2c1[2H]. The number of hydrogen-bond acceptors (Lipinski definition) is 3. The summed E-state index contributed by atoms with van der Waals surface area (Å²) in [5.74, 6) is -0.664. The molecule has 1 heterocycles. The summed E-state index contributed by atoms with van der Waals surface area (Å²) < 4.78 is 63.9. The molecule has 0 aliphatic rings. The number of rotatable bonds is 7. The van der Waals surface area contributed by atoms with Crippen LogP contribution in [0, 0.1) is 6.85 Å². The van der Waals surface area contributed by atoms with Crippen molar-refractivity contribution in [3.05, 3.63) is 76.9 Å². The van der Waals surface area contributed by atoms with Gasteiger partial charge in [0.15, 0.2) is 0 Å². The van der Waals surface area contributed by atoms with Gasteiger partial charge in [0, 0.05) is 34.7 Å². The van der Waals surface area contributed by atoms with Crippen LogP contribution in [0.2, 0.25) is 0 Å². The third-order valence-corrected chi connectivity index (χ3v) is 3.80. The van der Waals surface area contributed by atoms with Gasteiger partial charge in [0.25, 0.3) is 5.91 Å². The van der Waals surface area contributed by atoms with Gasteiger partial charge in [-0.15, -0.1) is 12.4 Å². The van der Waals surface area contributed by atoms with Crippen LogP contribution in [0.3, 0.4) is 0 Å². The molecule has 1 atom stereocenters. The number of carbonyl (C=O) groups is 1. The predicted octanol–water partition coefficient (Wildman–Crippen LogP) is 3.75. The Morgan fingerprint density at radius 3 is 2.85 bits per heavy atom. The van der Waals surface area contributed by atoms with E-state index in [0.717, 1.165) is 6.08 Å². The van der Waals surface area contributed by atoms with Crippen LogP contribution in [-0.2, 0) is 17.7 Å². The van der Waals surface area contributed by atoms with Gasteiger partial charge >= 0.3 is 0 Å². The minimum absolute atomic E-state index is 0. The molecule has 0 aliphatic carbocycles. The Labute approximate surface area is 176 Å². The zero-order chi connectivity index (χ0) is 25.2. The monoisotopic (exact) mass is 393 g/mol. The number of H-pyrrole nitrogens is 1. The lowest BCUT2D eigenvalue weighted by Gasteiger charge is -2.06. The number of fused-ring (bicyclic) bond motifs is 1. The molecular weight excluding hydrogens is 362 g/mol. The predicted molar refractivity (Wildman–Crippen MR) is 111 cm³/mol. The number of aromatic amines is 1. The van der Waals surface area contributed by atoms with Gasteiger partial charge in [0.05, 0.1) is 5.48 Å². The van der Waals surface area contributed by atoms with E-state index in [0.29, 0.717) is 11.1 Å². The van der Waals surface area contributed by atoms with Crippen molar-refractivity contribution in [3.63, 3.8) is 0 Å². The van der Waals surface area contributed by atoms with Crippen molar-refractivity contribution in [2.75, 3.05) is 6.54 Å². The fourth-order valence-electron chi connectivity index (χ4n) is 2.51. The van der Waals surface area contributed by atoms with Crippen LogP contribution in [0.15, 0.2) is 54.5 Å². The third-order valence-electron chi connectivity index (χ3n) is 3.80. The zero-order valence-electron chi connectivity index (χ0n) is 22.2. The second-order valence-corrected chi connectivity index (χ2v) is 5.55. The molecule has 2 aromatic carbocycles. The number of carbonyl (C=O) groups excluding carboxylic acids is 1. The van der Waals surface area contributed by atoms with Crippen molar-refractivity contribution >= 4 is 35.3 Å². The summed E-state index contributed by atoms with van der Waals surface area (Å²) in [6.07, 6.45) is 2.78. The number of nitrogens with one attached hydrogen (secondary N) is 3. The van der Waals surface area contributed by atoms with E-state index in [1.54, 1.807) is 24.3 Å².